The largest absolute Gasteiger partial charge is 0.356 e. The zero-order chi connectivity index (χ0) is 17.7. The van der Waals surface area contributed by atoms with Gasteiger partial charge in [0.15, 0.2) is 6.29 Å². The van der Waals surface area contributed by atoms with Gasteiger partial charge in [-0.3, -0.25) is 0 Å². The summed E-state index contributed by atoms with van der Waals surface area (Å²) in [6.07, 6.45) is 14.1. The van der Waals surface area contributed by atoms with Gasteiger partial charge in [-0.2, -0.15) is 0 Å². The van der Waals surface area contributed by atoms with Crippen LogP contribution in [0, 0.1) is 35.0 Å². The van der Waals surface area contributed by atoms with Gasteiger partial charge in [-0.05, 0) is 54.3 Å². The summed E-state index contributed by atoms with van der Waals surface area (Å²) in [6, 6.07) is 0. The Hall–Kier alpha value is -0.340. The normalized spacial score (nSPS) is 34.1. The molecule has 0 spiro atoms. The molecule has 0 unspecified atom stereocenters. The highest BCUT2D eigenvalue weighted by atomic mass is 16.7. The molecule has 24 heavy (non-hydrogen) atoms. The average molecular weight is 337 g/mol. The van der Waals surface area contributed by atoms with Crippen molar-refractivity contribution >= 4 is 0 Å². The summed E-state index contributed by atoms with van der Waals surface area (Å²) in [5.41, 5.74) is 0.475. The van der Waals surface area contributed by atoms with E-state index >= 15 is 0 Å². The highest BCUT2D eigenvalue weighted by Gasteiger charge is 2.51. The van der Waals surface area contributed by atoms with Gasteiger partial charge in [0.2, 0.25) is 0 Å². The van der Waals surface area contributed by atoms with E-state index in [-0.39, 0.29) is 6.29 Å². The summed E-state index contributed by atoms with van der Waals surface area (Å²) >= 11 is 0. The summed E-state index contributed by atoms with van der Waals surface area (Å²) < 4.78 is 11.0. The minimum atomic E-state index is -0.0653. The molecule has 0 aliphatic heterocycles. The van der Waals surface area contributed by atoms with Crippen molar-refractivity contribution in [3.63, 3.8) is 0 Å². The lowest BCUT2D eigenvalue weighted by molar-refractivity contribution is -0.118. The molecule has 2 heteroatoms. The molecule has 0 saturated heterocycles. The van der Waals surface area contributed by atoms with Crippen molar-refractivity contribution in [2.75, 3.05) is 14.2 Å². The molecular formula is C22H40O2. The summed E-state index contributed by atoms with van der Waals surface area (Å²) in [6.45, 7) is 9.77. The number of hydrogen-bond acceptors (Lipinski definition) is 2. The lowest BCUT2D eigenvalue weighted by Crippen LogP contribution is -2.38. The SMILES string of the molecule is COC(C[C@@H]1C=CC[C@]2(C)[C@@H]([C@H](C)CCCC(C)C)CC[C@@H]12)OC. The van der Waals surface area contributed by atoms with Gasteiger partial charge in [-0.15, -0.1) is 0 Å². The first kappa shape index (κ1) is 20.0. The van der Waals surface area contributed by atoms with Crippen LogP contribution >= 0.6 is 0 Å². The quantitative estimate of drug-likeness (QED) is 0.376. The molecular weight excluding hydrogens is 296 g/mol. The molecule has 140 valence electrons. The molecule has 2 nitrogen and oxygen atoms in total. The van der Waals surface area contributed by atoms with E-state index < -0.39 is 0 Å². The predicted octanol–water partition coefficient (Wildman–Crippen LogP) is 6.07. The average Bonchev–Trinajstić information content (AvgIpc) is 2.89. The second kappa shape index (κ2) is 8.85. The Balaban J connectivity index is 2.00. The van der Waals surface area contributed by atoms with Gasteiger partial charge in [-0.25, -0.2) is 0 Å². The lowest BCUT2D eigenvalue weighted by atomic mass is 9.60. The fraction of sp³-hybridized carbons (Fsp3) is 0.909. The second-order valence-electron chi connectivity index (χ2n) is 9.03. The topological polar surface area (TPSA) is 18.5 Å². The van der Waals surface area contributed by atoms with Crippen LogP contribution in [0.25, 0.3) is 0 Å². The Morgan fingerprint density at radius 1 is 1.08 bits per heavy atom. The fourth-order valence-corrected chi connectivity index (χ4v) is 5.67. The summed E-state index contributed by atoms with van der Waals surface area (Å²) in [7, 11) is 3.52. The molecule has 2 aliphatic rings. The van der Waals surface area contributed by atoms with Crippen molar-refractivity contribution in [3.8, 4) is 0 Å². The van der Waals surface area contributed by atoms with Gasteiger partial charge >= 0.3 is 0 Å². The summed E-state index contributed by atoms with van der Waals surface area (Å²) in [5.74, 6) is 3.98. The molecule has 5 atom stereocenters. The van der Waals surface area contributed by atoms with E-state index in [2.05, 4.69) is 39.8 Å². The van der Waals surface area contributed by atoms with Crippen LogP contribution in [-0.2, 0) is 9.47 Å². The minimum absolute atomic E-state index is 0.0653. The van der Waals surface area contributed by atoms with Gasteiger partial charge in [0.1, 0.15) is 0 Å². The highest BCUT2D eigenvalue weighted by Crippen LogP contribution is 2.59. The second-order valence-corrected chi connectivity index (χ2v) is 9.03. The van der Waals surface area contributed by atoms with Crippen LogP contribution in [-0.4, -0.2) is 20.5 Å². The van der Waals surface area contributed by atoms with E-state index in [1.54, 1.807) is 14.2 Å². The van der Waals surface area contributed by atoms with Crippen LogP contribution in [0.1, 0.15) is 72.6 Å². The maximum atomic E-state index is 5.48. The molecule has 1 saturated carbocycles. The maximum absolute atomic E-state index is 5.48. The number of hydrogen-bond donors (Lipinski definition) is 0. The molecule has 0 aromatic heterocycles. The van der Waals surface area contributed by atoms with E-state index in [1.807, 2.05) is 0 Å². The molecule has 0 amide bonds. The van der Waals surface area contributed by atoms with Crippen LogP contribution in [0.15, 0.2) is 12.2 Å². The first-order valence-corrected chi connectivity index (χ1v) is 10.1. The third-order valence-corrected chi connectivity index (χ3v) is 7.06. The van der Waals surface area contributed by atoms with Crippen LogP contribution in [0.2, 0.25) is 0 Å². The molecule has 0 aromatic carbocycles. The van der Waals surface area contributed by atoms with Gasteiger partial charge in [0, 0.05) is 20.6 Å². The third-order valence-electron chi connectivity index (χ3n) is 7.06. The zero-order valence-electron chi connectivity index (χ0n) is 16.9. The van der Waals surface area contributed by atoms with Crippen molar-refractivity contribution in [2.24, 2.45) is 35.0 Å². The monoisotopic (exact) mass is 336 g/mol. The number of allylic oxidation sites excluding steroid dienone is 2. The first-order chi connectivity index (χ1) is 11.4. The van der Waals surface area contributed by atoms with Crippen molar-refractivity contribution in [2.45, 2.75) is 78.9 Å². The van der Waals surface area contributed by atoms with Crippen LogP contribution in [0.3, 0.4) is 0 Å². The smallest absolute Gasteiger partial charge is 0.157 e. The van der Waals surface area contributed by atoms with E-state index in [4.69, 9.17) is 9.47 Å². The fourth-order valence-electron chi connectivity index (χ4n) is 5.67. The number of fused-ring (bicyclic) bond motifs is 1. The van der Waals surface area contributed by atoms with E-state index in [1.165, 1.54) is 38.5 Å². The van der Waals surface area contributed by atoms with E-state index in [9.17, 15) is 0 Å². The maximum Gasteiger partial charge on any atom is 0.157 e. The van der Waals surface area contributed by atoms with E-state index in [0.717, 1.165) is 30.1 Å². The highest BCUT2D eigenvalue weighted by molar-refractivity contribution is 5.11. The van der Waals surface area contributed by atoms with Gasteiger partial charge in [0.05, 0.1) is 0 Å². The Kier molecular flexibility index (Phi) is 7.37. The number of methoxy groups -OCH3 is 2. The van der Waals surface area contributed by atoms with Crippen LogP contribution in [0.4, 0.5) is 0 Å². The minimum Gasteiger partial charge on any atom is -0.356 e. The molecule has 2 rings (SSSR count). The zero-order valence-corrected chi connectivity index (χ0v) is 16.9. The Morgan fingerprint density at radius 3 is 2.42 bits per heavy atom. The third kappa shape index (κ3) is 4.43. The van der Waals surface area contributed by atoms with Crippen molar-refractivity contribution in [1.82, 2.24) is 0 Å². The van der Waals surface area contributed by atoms with Crippen LogP contribution in [0.5, 0.6) is 0 Å². The molecule has 1 fully saturated rings. The molecule has 0 bridgehead atoms. The van der Waals surface area contributed by atoms with Gasteiger partial charge in [0.25, 0.3) is 0 Å². The predicted molar refractivity (Wildman–Crippen MR) is 102 cm³/mol. The standard InChI is InChI=1S/C22H40O2/c1-16(2)9-7-10-17(3)19-12-13-20-18(15-21(23-5)24-6)11-8-14-22(19,20)4/h8,11,16-21H,7,9-10,12-15H2,1-6H3/t17-,18+,19-,20+,22-/m1/s1. The molecule has 2 aliphatic carbocycles. The Morgan fingerprint density at radius 2 is 1.79 bits per heavy atom. The summed E-state index contributed by atoms with van der Waals surface area (Å²) in [4.78, 5) is 0. The lowest BCUT2D eigenvalue weighted by Gasteiger charge is -2.45. The van der Waals surface area contributed by atoms with Crippen molar-refractivity contribution in [3.05, 3.63) is 12.2 Å². The molecule has 0 aromatic rings. The summed E-state index contributed by atoms with van der Waals surface area (Å²) in [5, 5.41) is 0. The number of rotatable bonds is 9. The van der Waals surface area contributed by atoms with Gasteiger partial charge < -0.3 is 9.47 Å². The molecule has 0 heterocycles. The Labute approximate surface area is 150 Å². The first-order valence-electron chi connectivity index (χ1n) is 10.1. The molecule has 0 N–H and O–H groups in total. The molecule has 0 radical (unpaired) electrons. The van der Waals surface area contributed by atoms with Crippen LogP contribution < -0.4 is 0 Å². The van der Waals surface area contributed by atoms with Crippen molar-refractivity contribution < 1.29 is 9.47 Å². The van der Waals surface area contributed by atoms with E-state index in [0.29, 0.717) is 11.3 Å². The number of ether oxygens (including phenoxy) is 2. The van der Waals surface area contributed by atoms with Crippen molar-refractivity contribution in [1.29, 1.82) is 0 Å². The van der Waals surface area contributed by atoms with Gasteiger partial charge in [-0.1, -0.05) is 59.1 Å². The Bertz CT molecular complexity index is 399.